The van der Waals surface area contributed by atoms with Crippen LogP contribution < -0.4 is 0 Å². The Morgan fingerprint density at radius 3 is 0.897 bits per heavy atom. The topological polar surface area (TPSA) is 13.0 Å². The third kappa shape index (κ3) is 3.77. The first kappa shape index (κ1) is 19.9. The number of allylic oxidation sites excluding steroid dienone is 8. The average molecular weight is 440 g/mol. The van der Waals surface area contributed by atoms with Gasteiger partial charge in [0.05, 0.1) is 0 Å². The van der Waals surface area contributed by atoms with Crippen LogP contribution in [0.2, 0.25) is 0 Å². The van der Waals surface area contributed by atoms with Crippen LogP contribution in [-0.2, 0) is 12.8 Å². The van der Waals surface area contributed by atoms with E-state index < -0.39 is 12.8 Å². The van der Waals surface area contributed by atoms with Gasteiger partial charge in [-0.3, -0.25) is 0 Å². The summed E-state index contributed by atoms with van der Waals surface area (Å²) in [5.74, 6) is 0. The molecule has 4 rings (SSSR count). The first-order valence-corrected chi connectivity index (χ1v) is 11.8. The summed E-state index contributed by atoms with van der Waals surface area (Å²) in [4.78, 5) is 8.96. The van der Waals surface area contributed by atoms with E-state index in [4.69, 9.17) is 0 Å². The third-order valence-corrected chi connectivity index (χ3v) is 9.84. The van der Waals surface area contributed by atoms with Gasteiger partial charge < -0.3 is 0 Å². The van der Waals surface area contributed by atoms with E-state index in [-0.39, 0.29) is 0 Å². The van der Waals surface area contributed by atoms with Crippen LogP contribution in [0.5, 0.6) is 0 Å². The minimum absolute atomic E-state index is 0.948. The Kier molecular flexibility index (Phi) is 5.62. The van der Waals surface area contributed by atoms with Gasteiger partial charge in [-0.15, -0.1) is 0 Å². The summed E-state index contributed by atoms with van der Waals surface area (Å²) in [5, 5.41) is 0. The first-order valence-electron chi connectivity index (χ1n) is 9.97. The van der Waals surface area contributed by atoms with Gasteiger partial charge in [0, 0.05) is 0 Å². The maximum atomic E-state index is 2.43. The number of hydrogen-bond donors (Lipinski definition) is 0. The standard InChI is InChI=1S/4C6H8N.Cu/c4*1-7-5-3-2-4-6-7;/h4*3-5H,6H2,1H3;. The molecule has 4 heterocycles. The molecule has 0 saturated carbocycles. The zero-order valence-electron chi connectivity index (χ0n) is 17.8. The Morgan fingerprint density at radius 2 is 0.724 bits per heavy atom. The van der Waals surface area contributed by atoms with Crippen LogP contribution >= 0.6 is 0 Å². The van der Waals surface area contributed by atoms with E-state index in [1.54, 1.807) is 0 Å². The second-order valence-corrected chi connectivity index (χ2v) is 11.2. The summed E-state index contributed by atoms with van der Waals surface area (Å²) < 4.78 is 5.75. The summed E-state index contributed by atoms with van der Waals surface area (Å²) >= 11 is -1.43. The molecule has 0 atom stereocenters. The van der Waals surface area contributed by atoms with Crippen LogP contribution in [0, 0.1) is 0 Å². The summed E-state index contributed by atoms with van der Waals surface area (Å²) in [6.45, 7) is 3.79. The Morgan fingerprint density at radius 1 is 0.483 bits per heavy atom. The number of rotatable bonds is 4. The monoisotopic (exact) mass is 439 g/mol. The molecule has 4 aliphatic heterocycles. The molecule has 0 N–H and O–H groups in total. The molecule has 0 spiro atoms. The average Bonchev–Trinajstić information content (AvgIpc) is 2.73. The molecule has 0 amide bonds. The van der Waals surface area contributed by atoms with E-state index in [0.29, 0.717) is 0 Å². The molecule has 0 aromatic carbocycles. The molecule has 4 aliphatic rings. The van der Waals surface area contributed by atoms with Crippen molar-refractivity contribution < 1.29 is 12.8 Å². The summed E-state index contributed by atoms with van der Waals surface area (Å²) in [7, 11) is 8.55. The Bertz CT molecular complexity index is 750. The Hall–Kier alpha value is -2.36. The third-order valence-electron chi connectivity index (χ3n) is 5.18. The van der Waals surface area contributed by atoms with Crippen molar-refractivity contribution in [3.05, 3.63) is 91.3 Å². The molecule has 4 nitrogen and oxygen atoms in total. The second kappa shape index (κ2) is 8.17. The van der Waals surface area contributed by atoms with Crippen molar-refractivity contribution >= 4 is 0 Å². The van der Waals surface area contributed by atoms with Crippen molar-refractivity contribution in [3.8, 4) is 0 Å². The van der Waals surface area contributed by atoms with Gasteiger partial charge in [-0.05, 0) is 0 Å². The predicted molar refractivity (Wildman–Crippen MR) is 119 cm³/mol. The fourth-order valence-corrected chi connectivity index (χ4v) is 8.06. The molecule has 5 heteroatoms. The number of likely N-dealkylation sites (N-methyl/N-ethyl adjacent to an activating group) is 4. The molecule has 0 aliphatic carbocycles. The van der Waals surface area contributed by atoms with Crippen molar-refractivity contribution in [1.82, 2.24) is 19.6 Å². The molecule has 0 saturated heterocycles. The molecule has 0 unspecified atom stereocenters. The quantitative estimate of drug-likeness (QED) is 0.621. The van der Waals surface area contributed by atoms with Crippen molar-refractivity contribution in [1.29, 1.82) is 0 Å². The molecular weight excluding hydrogens is 408 g/mol. The molecule has 0 fully saturated rings. The van der Waals surface area contributed by atoms with E-state index in [1.807, 2.05) is 0 Å². The Balaban J connectivity index is 1.93. The molecule has 29 heavy (non-hydrogen) atoms. The van der Waals surface area contributed by atoms with Crippen LogP contribution in [0.1, 0.15) is 0 Å². The van der Waals surface area contributed by atoms with Gasteiger partial charge in [-0.25, -0.2) is 0 Å². The van der Waals surface area contributed by atoms with Crippen LogP contribution in [0.4, 0.5) is 0 Å². The van der Waals surface area contributed by atoms with Gasteiger partial charge in [0.25, 0.3) is 0 Å². The van der Waals surface area contributed by atoms with Gasteiger partial charge >= 0.3 is 178 Å². The normalized spacial score (nSPS) is 22.5. The van der Waals surface area contributed by atoms with E-state index in [2.05, 4.69) is 121 Å². The Labute approximate surface area is 178 Å². The van der Waals surface area contributed by atoms with Gasteiger partial charge in [0.2, 0.25) is 0 Å². The van der Waals surface area contributed by atoms with Crippen molar-refractivity contribution in [2.45, 2.75) is 0 Å². The zero-order valence-corrected chi connectivity index (χ0v) is 18.8. The maximum absolute atomic E-state index is 2.43. The van der Waals surface area contributed by atoms with Gasteiger partial charge in [0.15, 0.2) is 0 Å². The van der Waals surface area contributed by atoms with Crippen LogP contribution in [0.3, 0.4) is 0 Å². The number of nitrogens with zero attached hydrogens (tertiary/aromatic N) is 4. The SMILES string of the molecule is CN1C=C[C]([Cu]([C]2=CCN(C)C=C2)([C]2=CCN(C)C=C2)[C]2=CCN(C)C=C2)=CC1. The van der Waals surface area contributed by atoms with Crippen LogP contribution in [-0.4, -0.2) is 74.0 Å². The minimum atomic E-state index is -1.43. The van der Waals surface area contributed by atoms with Gasteiger partial charge in [-0.1, -0.05) is 0 Å². The van der Waals surface area contributed by atoms with E-state index in [9.17, 15) is 0 Å². The molecule has 159 valence electrons. The summed E-state index contributed by atoms with van der Waals surface area (Å²) in [6, 6.07) is 0. The van der Waals surface area contributed by atoms with Crippen molar-refractivity contribution in [2.75, 3.05) is 54.4 Å². The van der Waals surface area contributed by atoms with E-state index in [0.717, 1.165) is 26.2 Å². The fraction of sp³-hybridized carbons (Fsp3) is 0.333. The van der Waals surface area contributed by atoms with Gasteiger partial charge in [-0.2, -0.15) is 0 Å². The van der Waals surface area contributed by atoms with E-state index >= 15 is 0 Å². The molecular formula is C24H32CuN4. The first-order chi connectivity index (χ1) is 14.0. The predicted octanol–water partition coefficient (Wildman–Crippen LogP) is 3.51. The molecule has 0 radical (unpaired) electrons. The van der Waals surface area contributed by atoms with E-state index in [1.165, 1.54) is 17.9 Å². The van der Waals surface area contributed by atoms with Crippen LogP contribution in [0.25, 0.3) is 0 Å². The van der Waals surface area contributed by atoms with Crippen molar-refractivity contribution in [3.63, 3.8) is 0 Å². The molecule has 0 aromatic rings. The fourth-order valence-electron chi connectivity index (χ4n) is 3.46. The van der Waals surface area contributed by atoms with Crippen molar-refractivity contribution in [2.24, 2.45) is 0 Å². The van der Waals surface area contributed by atoms with Crippen LogP contribution in [0.15, 0.2) is 91.3 Å². The molecule has 0 aromatic heterocycles. The second-order valence-electron chi connectivity index (χ2n) is 7.65. The summed E-state index contributed by atoms with van der Waals surface area (Å²) in [6.07, 6.45) is 28.0. The summed E-state index contributed by atoms with van der Waals surface area (Å²) in [5.41, 5.74) is 0. The zero-order chi connectivity index (χ0) is 20.4. The molecule has 0 bridgehead atoms. The van der Waals surface area contributed by atoms with Gasteiger partial charge in [0.1, 0.15) is 0 Å². The number of hydrogen-bond acceptors (Lipinski definition) is 4.